The fraction of sp³-hybridized carbons (Fsp3) is 0.368. The maximum Gasteiger partial charge on any atom is 0.277 e. The van der Waals surface area contributed by atoms with Gasteiger partial charge < -0.3 is 20.9 Å². The van der Waals surface area contributed by atoms with Crippen molar-refractivity contribution in [3.8, 4) is 0 Å². The number of aromatic nitrogens is 2. The maximum atomic E-state index is 14.5. The van der Waals surface area contributed by atoms with E-state index in [0.29, 0.717) is 35.9 Å². The van der Waals surface area contributed by atoms with Gasteiger partial charge >= 0.3 is 0 Å². The second-order valence-corrected chi connectivity index (χ2v) is 7.14. The molecule has 2 aromatic rings. The van der Waals surface area contributed by atoms with Gasteiger partial charge in [0.25, 0.3) is 5.92 Å². The molecule has 0 bridgehead atoms. The van der Waals surface area contributed by atoms with E-state index in [1.54, 1.807) is 47.4 Å². The molecule has 10 heteroatoms. The van der Waals surface area contributed by atoms with Crippen LogP contribution < -0.4 is 20.9 Å². The van der Waals surface area contributed by atoms with Gasteiger partial charge in [-0.2, -0.15) is 5.10 Å². The summed E-state index contributed by atoms with van der Waals surface area (Å²) in [6.45, 7) is -0.0432. The molecule has 4 rings (SSSR count). The molecule has 154 valence electrons. The third-order valence-electron chi connectivity index (χ3n) is 4.93. The highest BCUT2D eigenvalue weighted by Crippen LogP contribution is 2.38. The Morgan fingerprint density at radius 2 is 2.07 bits per heavy atom. The van der Waals surface area contributed by atoms with E-state index in [1.165, 1.54) is 17.0 Å². The molecule has 1 unspecified atom stereocenters. The number of halogens is 3. The van der Waals surface area contributed by atoms with E-state index in [1.807, 2.05) is 0 Å². The summed E-state index contributed by atoms with van der Waals surface area (Å²) in [5, 5.41) is 7.03. The topological polar surface area (TPSA) is 74.7 Å². The fourth-order valence-corrected chi connectivity index (χ4v) is 3.66. The first-order valence-electron chi connectivity index (χ1n) is 9.24. The number of nitrogens with one attached hydrogen (secondary N) is 1. The molecule has 7 nitrogen and oxygen atoms in total. The summed E-state index contributed by atoms with van der Waals surface area (Å²) in [4.78, 5) is 7.65. The molecule has 3 heterocycles. The number of nitrogens with two attached hydrogens (primary N) is 1. The zero-order valence-corrected chi connectivity index (χ0v) is 15.9. The summed E-state index contributed by atoms with van der Waals surface area (Å²) in [7, 11) is 1.69. The van der Waals surface area contributed by atoms with E-state index >= 15 is 0 Å². The molecule has 0 amide bonds. The first-order chi connectivity index (χ1) is 13.9. The van der Waals surface area contributed by atoms with Gasteiger partial charge in [0.2, 0.25) is 0 Å². The Balaban J connectivity index is 1.77. The van der Waals surface area contributed by atoms with Crippen molar-refractivity contribution >= 4 is 17.7 Å². The van der Waals surface area contributed by atoms with Crippen molar-refractivity contribution in [1.29, 1.82) is 0 Å². The SMILES string of the molecule is Cn1ncc(N2C=C(N)C=NC2c2ccccc2F)c1N1CCNCC(F)(F)C1. The summed E-state index contributed by atoms with van der Waals surface area (Å²) in [5.41, 5.74) is 7.20. The monoisotopic (exact) mass is 405 g/mol. The van der Waals surface area contributed by atoms with E-state index in [2.05, 4.69) is 15.4 Å². The molecule has 3 N–H and O–H groups in total. The van der Waals surface area contributed by atoms with Crippen LogP contribution >= 0.6 is 0 Å². The quantitative estimate of drug-likeness (QED) is 0.817. The highest BCUT2D eigenvalue weighted by molar-refractivity contribution is 5.82. The maximum absolute atomic E-state index is 14.5. The number of hydrogen-bond donors (Lipinski definition) is 2. The average molecular weight is 405 g/mol. The number of rotatable bonds is 3. The van der Waals surface area contributed by atoms with Crippen LogP contribution in [0.15, 0.2) is 47.4 Å². The van der Waals surface area contributed by atoms with E-state index in [0.717, 1.165) is 0 Å². The first-order valence-corrected chi connectivity index (χ1v) is 9.24. The van der Waals surface area contributed by atoms with E-state index in [4.69, 9.17) is 5.73 Å². The molecule has 1 fully saturated rings. The molecule has 0 spiro atoms. The second kappa shape index (κ2) is 7.43. The minimum absolute atomic E-state index is 0.352. The minimum atomic E-state index is -2.89. The van der Waals surface area contributed by atoms with Gasteiger partial charge in [0.15, 0.2) is 12.0 Å². The largest absolute Gasteiger partial charge is 0.396 e. The summed E-state index contributed by atoms with van der Waals surface area (Å²) in [6, 6.07) is 6.32. The highest BCUT2D eigenvalue weighted by Gasteiger charge is 2.37. The predicted octanol–water partition coefficient (Wildman–Crippen LogP) is 1.99. The van der Waals surface area contributed by atoms with Crippen LogP contribution in [0.5, 0.6) is 0 Å². The molecule has 29 heavy (non-hydrogen) atoms. The van der Waals surface area contributed by atoms with Crippen LogP contribution in [0.3, 0.4) is 0 Å². The zero-order chi connectivity index (χ0) is 20.6. The molecular formula is C19H22F3N7. The molecule has 2 aliphatic rings. The normalized spacial score (nSPS) is 21.8. The van der Waals surface area contributed by atoms with Gasteiger partial charge in [-0.3, -0.25) is 9.67 Å². The Hall–Kier alpha value is -3.01. The Labute approximate surface area is 166 Å². The number of hydrogen-bond acceptors (Lipinski definition) is 6. The molecular weight excluding hydrogens is 383 g/mol. The summed E-state index contributed by atoms with van der Waals surface area (Å²) in [5.74, 6) is -2.81. The van der Waals surface area contributed by atoms with Crippen molar-refractivity contribution in [1.82, 2.24) is 15.1 Å². The van der Waals surface area contributed by atoms with Crippen LogP contribution in [0.4, 0.5) is 24.7 Å². The van der Waals surface area contributed by atoms with E-state index in [-0.39, 0.29) is 6.54 Å². The van der Waals surface area contributed by atoms with Gasteiger partial charge in [-0.1, -0.05) is 18.2 Å². The van der Waals surface area contributed by atoms with Crippen molar-refractivity contribution in [3.63, 3.8) is 0 Å². The Morgan fingerprint density at radius 1 is 1.28 bits per heavy atom. The van der Waals surface area contributed by atoms with E-state index in [9.17, 15) is 13.2 Å². The van der Waals surface area contributed by atoms with E-state index < -0.39 is 24.5 Å². The van der Waals surface area contributed by atoms with Crippen LogP contribution in [0.1, 0.15) is 11.7 Å². The van der Waals surface area contributed by atoms with Crippen LogP contribution in [-0.4, -0.2) is 48.1 Å². The molecule has 2 aliphatic heterocycles. The standard InChI is InChI=1S/C19H22F3N7/c1-27-18(28-7-6-24-11-19(21,22)12-28)16(9-26-27)29-10-13(23)8-25-17(29)14-4-2-3-5-15(14)20/h2-5,8-10,17,24H,6-7,11-12,23H2,1H3. The van der Waals surface area contributed by atoms with Crippen LogP contribution in [0.25, 0.3) is 0 Å². The average Bonchev–Trinajstić information content (AvgIpc) is 2.96. The first kappa shape index (κ1) is 19.3. The van der Waals surface area contributed by atoms with Crippen LogP contribution in [-0.2, 0) is 7.05 Å². The van der Waals surface area contributed by atoms with Crippen LogP contribution in [0, 0.1) is 5.82 Å². The van der Waals surface area contributed by atoms with Gasteiger partial charge in [0, 0.05) is 38.1 Å². The van der Waals surface area contributed by atoms with Gasteiger partial charge in [-0.05, 0) is 6.07 Å². The van der Waals surface area contributed by atoms with Crippen molar-refractivity contribution in [2.75, 3.05) is 36.0 Å². The molecule has 1 aromatic carbocycles. The second-order valence-electron chi connectivity index (χ2n) is 7.14. The lowest BCUT2D eigenvalue weighted by Gasteiger charge is -2.33. The summed E-state index contributed by atoms with van der Waals surface area (Å²) in [6.07, 6.45) is 3.92. The number of aryl methyl sites for hydroxylation is 1. The van der Waals surface area contributed by atoms with Gasteiger partial charge in [-0.15, -0.1) is 0 Å². The number of aliphatic imine (C=N–C) groups is 1. The number of anilines is 2. The van der Waals surface area contributed by atoms with Crippen LogP contribution in [0.2, 0.25) is 0 Å². The molecule has 0 saturated carbocycles. The molecule has 0 radical (unpaired) electrons. The third kappa shape index (κ3) is 3.80. The summed E-state index contributed by atoms with van der Waals surface area (Å²) < 4.78 is 44.5. The van der Waals surface area contributed by atoms with Crippen molar-refractivity contribution in [2.24, 2.45) is 17.8 Å². The van der Waals surface area contributed by atoms with Crippen molar-refractivity contribution < 1.29 is 13.2 Å². The lowest BCUT2D eigenvalue weighted by atomic mass is 10.1. The van der Waals surface area contributed by atoms with Crippen molar-refractivity contribution in [2.45, 2.75) is 12.1 Å². The molecule has 0 aliphatic carbocycles. The Morgan fingerprint density at radius 3 is 2.86 bits per heavy atom. The molecule has 1 saturated heterocycles. The van der Waals surface area contributed by atoms with Crippen molar-refractivity contribution in [3.05, 3.63) is 53.7 Å². The smallest absolute Gasteiger partial charge is 0.277 e. The predicted molar refractivity (Wildman–Crippen MR) is 106 cm³/mol. The lowest BCUT2D eigenvalue weighted by Crippen LogP contribution is -2.40. The number of allylic oxidation sites excluding steroid dienone is 1. The number of nitrogens with zero attached hydrogens (tertiary/aromatic N) is 5. The van der Waals surface area contributed by atoms with Gasteiger partial charge in [-0.25, -0.2) is 13.2 Å². The third-order valence-corrected chi connectivity index (χ3v) is 4.93. The number of benzene rings is 1. The highest BCUT2D eigenvalue weighted by atomic mass is 19.3. The minimum Gasteiger partial charge on any atom is -0.396 e. The Kier molecular flexibility index (Phi) is 4.95. The fourth-order valence-electron chi connectivity index (χ4n) is 3.66. The zero-order valence-electron chi connectivity index (χ0n) is 15.9. The molecule has 1 aromatic heterocycles. The summed E-state index contributed by atoms with van der Waals surface area (Å²) >= 11 is 0. The van der Waals surface area contributed by atoms with Gasteiger partial charge in [0.05, 0.1) is 25.0 Å². The lowest BCUT2D eigenvalue weighted by molar-refractivity contribution is 0.0155. The number of alkyl halides is 2. The molecule has 1 atom stereocenters. The Bertz CT molecular complexity index is 953. The van der Waals surface area contributed by atoms with Gasteiger partial charge in [0.1, 0.15) is 11.5 Å².